The largest absolute Gasteiger partial charge is 0.508 e. The number of nitrogens with one attached hydrogen (secondary N) is 1. The molecule has 0 radical (unpaired) electrons. The van der Waals surface area contributed by atoms with Gasteiger partial charge in [0.1, 0.15) is 11.3 Å². The van der Waals surface area contributed by atoms with Crippen LogP contribution in [0.1, 0.15) is 5.56 Å². The van der Waals surface area contributed by atoms with E-state index in [1.165, 1.54) is 35.0 Å². The van der Waals surface area contributed by atoms with Crippen LogP contribution in [0.4, 0.5) is 13.2 Å². The first-order valence-electron chi connectivity index (χ1n) is 7.78. The molecule has 0 aliphatic rings. The molecule has 0 atom stereocenters. The fourth-order valence-corrected chi connectivity index (χ4v) is 2.72. The molecule has 0 unspecified atom stereocenters. The minimum absolute atomic E-state index is 0.0328. The van der Waals surface area contributed by atoms with E-state index in [2.05, 4.69) is 15.0 Å². The van der Waals surface area contributed by atoms with E-state index in [4.69, 9.17) is 0 Å². The van der Waals surface area contributed by atoms with Crippen LogP contribution in [0.25, 0.3) is 28.2 Å². The topological polar surface area (TPSA) is 83.8 Å². The molecule has 2 heterocycles. The Morgan fingerprint density at radius 1 is 1.07 bits per heavy atom. The Morgan fingerprint density at radius 3 is 2.48 bits per heavy atom. The maximum atomic E-state index is 12.8. The molecular formula is C18H11F3N4O2. The molecule has 0 saturated carbocycles. The number of nitrogens with zero attached hydrogens (tertiary/aromatic N) is 3. The molecule has 2 N–H and O–H groups in total. The van der Waals surface area contributed by atoms with Gasteiger partial charge in [0.05, 0.1) is 17.4 Å². The Labute approximate surface area is 149 Å². The van der Waals surface area contributed by atoms with Crippen LogP contribution in [-0.4, -0.2) is 24.6 Å². The highest BCUT2D eigenvalue weighted by Gasteiger charge is 2.30. The molecule has 136 valence electrons. The summed E-state index contributed by atoms with van der Waals surface area (Å²) in [5.74, 6) is 0.295. The molecule has 0 amide bonds. The molecule has 4 rings (SSSR count). The predicted octanol–water partition coefficient (Wildman–Crippen LogP) is 3.50. The number of fused-ring (bicyclic) bond motifs is 1. The molecule has 6 nitrogen and oxygen atoms in total. The lowest BCUT2D eigenvalue weighted by Gasteiger charge is -2.08. The summed E-state index contributed by atoms with van der Waals surface area (Å²) in [5.41, 5.74) is -0.0393. The highest BCUT2D eigenvalue weighted by atomic mass is 19.4. The second-order valence-corrected chi connectivity index (χ2v) is 5.79. The molecular weight excluding hydrogens is 361 g/mol. The monoisotopic (exact) mass is 372 g/mol. The van der Waals surface area contributed by atoms with Gasteiger partial charge in [0, 0.05) is 5.56 Å². The lowest BCUT2D eigenvalue weighted by Crippen LogP contribution is -2.15. The molecule has 0 spiro atoms. The molecule has 2 aromatic heterocycles. The predicted molar refractivity (Wildman–Crippen MR) is 91.6 cm³/mol. The molecule has 0 saturated heterocycles. The number of rotatable bonds is 2. The minimum atomic E-state index is -4.46. The first-order chi connectivity index (χ1) is 12.8. The number of halogens is 3. The average Bonchev–Trinajstić information content (AvgIpc) is 2.96. The van der Waals surface area contributed by atoms with Crippen LogP contribution in [0.3, 0.4) is 0 Å². The highest BCUT2D eigenvalue weighted by molar-refractivity contribution is 5.75. The summed E-state index contributed by atoms with van der Waals surface area (Å²) in [6.45, 7) is 0. The van der Waals surface area contributed by atoms with Gasteiger partial charge in [-0.05, 0) is 36.4 Å². The second-order valence-electron chi connectivity index (χ2n) is 5.79. The van der Waals surface area contributed by atoms with Gasteiger partial charge in [-0.2, -0.15) is 13.2 Å². The third-order valence-electron chi connectivity index (χ3n) is 3.98. The maximum absolute atomic E-state index is 12.8. The fraction of sp³-hybridized carbons (Fsp3) is 0.0556. The average molecular weight is 372 g/mol. The number of imidazole rings is 1. The van der Waals surface area contributed by atoms with Gasteiger partial charge in [-0.3, -0.25) is 0 Å². The van der Waals surface area contributed by atoms with Crippen molar-refractivity contribution in [1.29, 1.82) is 0 Å². The Morgan fingerprint density at radius 2 is 1.81 bits per heavy atom. The zero-order chi connectivity index (χ0) is 19.2. The number of benzene rings is 2. The molecule has 9 heteroatoms. The third-order valence-corrected chi connectivity index (χ3v) is 3.98. The first kappa shape index (κ1) is 16.8. The van der Waals surface area contributed by atoms with Gasteiger partial charge in [0.25, 0.3) is 0 Å². The number of hydrogen-bond acceptors (Lipinski definition) is 4. The van der Waals surface area contributed by atoms with Crippen molar-refractivity contribution in [3.05, 3.63) is 70.8 Å². The van der Waals surface area contributed by atoms with E-state index < -0.39 is 17.4 Å². The van der Waals surface area contributed by atoms with Gasteiger partial charge in [0.15, 0.2) is 11.5 Å². The molecule has 0 fully saturated rings. The summed E-state index contributed by atoms with van der Waals surface area (Å²) >= 11 is 0. The molecule has 0 aliphatic heterocycles. The Kier molecular flexibility index (Phi) is 3.72. The van der Waals surface area contributed by atoms with Gasteiger partial charge >= 0.3 is 11.9 Å². The lowest BCUT2D eigenvalue weighted by atomic mass is 10.2. The molecule has 27 heavy (non-hydrogen) atoms. The number of phenols is 1. The Balaban J connectivity index is 1.87. The number of aromatic amines is 1. The molecule has 2 aromatic carbocycles. The number of alkyl halides is 3. The summed E-state index contributed by atoms with van der Waals surface area (Å²) < 4.78 is 39.4. The zero-order valence-electron chi connectivity index (χ0n) is 13.5. The quantitative estimate of drug-likeness (QED) is 0.564. The fourth-order valence-electron chi connectivity index (χ4n) is 2.72. The van der Waals surface area contributed by atoms with Crippen LogP contribution in [0.2, 0.25) is 0 Å². The van der Waals surface area contributed by atoms with Crippen molar-refractivity contribution in [2.75, 3.05) is 0 Å². The van der Waals surface area contributed by atoms with E-state index in [1.807, 2.05) is 0 Å². The Hall–Kier alpha value is -3.62. The van der Waals surface area contributed by atoms with Crippen LogP contribution in [0.5, 0.6) is 5.75 Å². The van der Waals surface area contributed by atoms with Crippen molar-refractivity contribution >= 4 is 11.2 Å². The summed E-state index contributed by atoms with van der Waals surface area (Å²) in [6, 6.07) is 10.5. The minimum Gasteiger partial charge on any atom is -0.508 e. The van der Waals surface area contributed by atoms with Gasteiger partial charge in [-0.15, -0.1) is 0 Å². The van der Waals surface area contributed by atoms with Crippen molar-refractivity contribution in [3.63, 3.8) is 0 Å². The van der Waals surface area contributed by atoms with Crippen molar-refractivity contribution < 1.29 is 18.3 Å². The summed E-state index contributed by atoms with van der Waals surface area (Å²) in [5, 5.41) is 9.61. The van der Waals surface area contributed by atoms with Crippen molar-refractivity contribution in [1.82, 2.24) is 19.5 Å². The van der Waals surface area contributed by atoms with E-state index in [-0.39, 0.29) is 22.9 Å². The van der Waals surface area contributed by atoms with Crippen molar-refractivity contribution in [2.45, 2.75) is 6.18 Å². The summed E-state index contributed by atoms with van der Waals surface area (Å²) in [6.07, 6.45) is -3.06. The number of aromatic nitrogens is 4. The van der Waals surface area contributed by atoms with Gasteiger partial charge in [0.2, 0.25) is 0 Å². The third kappa shape index (κ3) is 3.03. The lowest BCUT2D eigenvalue weighted by molar-refractivity contribution is -0.137. The van der Waals surface area contributed by atoms with Gasteiger partial charge in [-0.1, -0.05) is 12.1 Å². The van der Waals surface area contributed by atoms with Crippen molar-refractivity contribution in [3.8, 4) is 22.8 Å². The number of H-pyrrole nitrogens is 1. The van der Waals surface area contributed by atoms with Gasteiger partial charge in [-0.25, -0.2) is 19.3 Å². The summed E-state index contributed by atoms with van der Waals surface area (Å²) in [4.78, 5) is 23.4. The number of aromatic hydroxyl groups is 1. The van der Waals surface area contributed by atoms with Crippen LogP contribution in [-0.2, 0) is 6.18 Å². The van der Waals surface area contributed by atoms with E-state index in [1.54, 1.807) is 12.1 Å². The second kappa shape index (κ2) is 5.97. The summed E-state index contributed by atoms with van der Waals surface area (Å²) in [7, 11) is 0. The standard InChI is InChI=1S/C18H11F3N4O2/c19-18(20,21)11-4-6-12(7-5-11)25-16-14(23-17(25)27)9-22-15(24-16)10-2-1-3-13(26)8-10/h1-9,26H,(H,23,27). The van der Waals surface area contributed by atoms with Crippen LogP contribution in [0, 0.1) is 0 Å². The molecule has 0 aliphatic carbocycles. The zero-order valence-corrected chi connectivity index (χ0v) is 13.5. The normalized spacial score (nSPS) is 11.8. The van der Waals surface area contributed by atoms with Crippen LogP contribution >= 0.6 is 0 Å². The molecule has 0 bridgehead atoms. The van der Waals surface area contributed by atoms with E-state index in [0.717, 1.165) is 12.1 Å². The number of hydrogen-bond donors (Lipinski definition) is 2. The number of phenolic OH excluding ortho intramolecular Hbond substituents is 1. The Bertz CT molecular complexity index is 1190. The van der Waals surface area contributed by atoms with Crippen LogP contribution < -0.4 is 5.69 Å². The van der Waals surface area contributed by atoms with E-state index >= 15 is 0 Å². The van der Waals surface area contributed by atoms with Crippen LogP contribution in [0.15, 0.2) is 59.5 Å². The smallest absolute Gasteiger partial charge is 0.416 e. The van der Waals surface area contributed by atoms with E-state index in [9.17, 15) is 23.1 Å². The van der Waals surface area contributed by atoms with E-state index in [0.29, 0.717) is 11.1 Å². The van der Waals surface area contributed by atoms with Gasteiger partial charge < -0.3 is 10.1 Å². The van der Waals surface area contributed by atoms with Crippen molar-refractivity contribution in [2.24, 2.45) is 0 Å². The maximum Gasteiger partial charge on any atom is 0.416 e. The first-order valence-corrected chi connectivity index (χ1v) is 7.78. The SMILES string of the molecule is O=c1[nH]c2cnc(-c3cccc(O)c3)nc2n1-c1ccc(C(F)(F)F)cc1. The molecule has 4 aromatic rings. The highest BCUT2D eigenvalue weighted by Crippen LogP contribution is 2.30.